The zero-order valence-electron chi connectivity index (χ0n) is 14.6. The summed E-state index contributed by atoms with van der Waals surface area (Å²) >= 11 is 2.89. The number of aromatic nitrogens is 2. The minimum atomic E-state index is -0.645. The van der Waals surface area contributed by atoms with Gasteiger partial charge in [-0.05, 0) is 43.9 Å². The smallest absolute Gasteiger partial charge is 0.331 e. The van der Waals surface area contributed by atoms with Crippen LogP contribution >= 0.6 is 23.1 Å². The fourth-order valence-corrected chi connectivity index (χ4v) is 4.09. The number of benzene rings is 1. The van der Waals surface area contributed by atoms with Crippen molar-refractivity contribution in [3.63, 3.8) is 0 Å². The number of ether oxygens (including phenoxy) is 1. The molecule has 1 aromatic carbocycles. The summed E-state index contributed by atoms with van der Waals surface area (Å²) in [5.74, 6) is -0.136. The van der Waals surface area contributed by atoms with Gasteiger partial charge in [-0.15, -0.1) is 11.3 Å². The molecule has 26 heavy (non-hydrogen) atoms. The Kier molecular flexibility index (Phi) is 5.58. The van der Waals surface area contributed by atoms with Crippen LogP contribution in [0.5, 0.6) is 0 Å². The Bertz CT molecular complexity index is 1020. The zero-order chi connectivity index (χ0) is 18.7. The molecule has 3 rings (SSSR count). The van der Waals surface area contributed by atoms with Gasteiger partial charge >= 0.3 is 5.97 Å². The van der Waals surface area contributed by atoms with E-state index in [0.717, 1.165) is 15.3 Å². The Morgan fingerprint density at radius 2 is 2.04 bits per heavy atom. The molecule has 0 saturated heterocycles. The Morgan fingerprint density at radius 1 is 1.31 bits per heavy atom. The molecule has 3 aromatic rings. The number of rotatable bonds is 5. The zero-order valence-corrected chi connectivity index (χ0v) is 16.2. The maximum Gasteiger partial charge on any atom is 0.331 e. The number of carbonyl (C=O) groups is 1. The minimum Gasteiger partial charge on any atom is -0.451 e. The molecule has 0 amide bonds. The van der Waals surface area contributed by atoms with Crippen molar-refractivity contribution in [2.45, 2.75) is 31.8 Å². The van der Waals surface area contributed by atoms with Crippen molar-refractivity contribution in [2.75, 3.05) is 0 Å². The molecule has 0 radical (unpaired) electrons. The summed E-state index contributed by atoms with van der Waals surface area (Å²) in [5.41, 5.74) is 0.737. The fourth-order valence-electron chi connectivity index (χ4n) is 2.40. The van der Waals surface area contributed by atoms with Crippen LogP contribution in [-0.2, 0) is 9.53 Å². The van der Waals surface area contributed by atoms with Crippen LogP contribution in [0.3, 0.4) is 0 Å². The van der Waals surface area contributed by atoms with Crippen molar-refractivity contribution < 1.29 is 9.53 Å². The summed E-state index contributed by atoms with van der Waals surface area (Å²) in [6.07, 6.45) is 0.721. The Morgan fingerprint density at radius 3 is 2.77 bits per heavy atom. The van der Waals surface area contributed by atoms with Crippen molar-refractivity contribution in [1.82, 2.24) is 9.97 Å². The topological polar surface area (TPSA) is 72.0 Å². The van der Waals surface area contributed by atoms with Gasteiger partial charge in [0, 0.05) is 15.8 Å². The second-order valence-corrected chi connectivity index (χ2v) is 7.91. The van der Waals surface area contributed by atoms with E-state index in [1.807, 2.05) is 44.2 Å². The lowest BCUT2D eigenvalue weighted by atomic mass is 10.2. The molecule has 1 N–H and O–H groups in total. The highest BCUT2D eigenvalue weighted by atomic mass is 32.2. The van der Waals surface area contributed by atoms with Gasteiger partial charge in [0.25, 0.3) is 5.56 Å². The summed E-state index contributed by atoms with van der Waals surface area (Å²) in [7, 11) is 0. The molecule has 1 atom stereocenters. The number of aryl methyl sites for hydroxylation is 2. The van der Waals surface area contributed by atoms with E-state index < -0.39 is 12.1 Å². The number of hydrogen-bond acceptors (Lipinski definition) is 6. The number of thiophene rings is 1. The highest BCUT2D eigenvalue weighted by Crippen LogP contribution is 2.27. The third-order valence-corrected chi connectivity index (χ3v) is 5.80. The first kappa shape index (κ1) is 18.4. The van der Waals surface area contributed by atoms with E-state index in [0.29, 0.717) is 16.0 Å². The molecule has 7 heteroatoms. The number of nitrogens with one attached hydrogen (secondary N) is 1. The van der Waals surface area contributed by atoms with Gasteiger partial charge < -0.3 is 9.72 Å². The average Bonchev–Trinajstić information content (AvgIpc) is 2.90. The van der Waals surface area contributed by atoms with E-state index in [9.17, 15) is 9.59 Å². The number of fused-ring (bicyclic) bond motifs is 1. The molecule has 0 spiro atoms. The number of carbonyl (C=O) groups excluding carboxylic acids is 1. The second kappa shape index (κ2) is 7.88. The van der Waals surface area contributed by atoms with Crippen LogP contribution in [0, 0.1) is 13.8 Å². The quantitative estimate of drug-likeness (QED) is 0.397. The van der Waals surface area contributed by atoms with Crippen molar-refractivity contribution in [3.8, 4) is 0 Å². The normalized spacial score (nSPS) is 12.6. The summed E-state index contributed by atoms with van der Waals surface area (Å²) in [4.78, 5) is 34.2. The van der Waals surface area contributed by atoms with Crippen LogP contribution in [0.25, 0.3) is 10.2 Å². The minimum absolute atomic E-state index is 0.204. The molecule has 0 aliphatic heterocycles. The number of nitrogens with zero attached hydrogens (tertiary/aromatic N) is 1. The predicted octanol–water partition coefficient (Wildman–Crippen LogP) is 4.51. The van der Waals surface area contributed by atoms with Crippen molar-refractivity contribution >= 4 is 39.3 Å². The van der Waals surface area contributed by atoms with Crippen molar-refractivity contribution in [2.24, 2.45) is 0 Å². The molecule has 2 heterocycles. The van der Waals surface area contributed by atoms with Gasteiger partial charge in [0.2, 0.25) is 0 Å². The predicted molar refractivity (Wildman–Crippen MR) is 106 cm³/mol. The SMILES string of the molecule is Cc1sc2nc([C@@H](C)OC(=O)/C=C/Sc3ccccc3)[nH]c(=O)c2c1C. The largest absolute Gasteiger partial charge is 0.451 e. The first-order valence-electron chi connectivity index (χ1n) is 8.04. The molecule has 0 unspecified atom stereocenters. The summed E-state index contributed by atoms with van der Waals surface area (Å²) < 4.78 is 5.35. The van der Waals surface area contributed by atoms with E-state index in [1.165, 1.54) is 29.2 Å². The average molecular weight is 386 g/mol. The first-order chi connectivity index (χ1) is 12.5. The van der Waals surface area contributed by atoms with Crippen molar-refractivity contribution in [1.29, 1.82) is 0 Å². The highest BCUT2D eigenvalue weighted by Gasteiger charge is 2.17. The Labute approximate surface area is 159 Å². The van der Waals surface area contributed by atoms with E-state index in [2.05, 4.69) is 9.97 Å². The van der Waals surface area contributed by atoms with Crippen LogP contribution in [0.2, 0.25) is 0 Å². The molecule has 5 nitrogen and oxygen atoms in total. The molecule has 0 fully saturated rings. The monoisotopic (exact) mass is 386 g/mol. The van der Waals surface area contributed by atoms with Crippen LogP contribution in [0.15, 0.2) is 51.5 Å². The third kappa shape index (κ3) is 4.05. The van der Waals surface area contributed by atoms with Crippen LogP contribution in [0.4, 0.5) is 0 Å². The Balaban J connectivity index is 1.69. The van der Waals surface area contributed by atoms with E-state index in [4.69, 9.17) is 4.74 Å². The number of hydrogen-bond donors (Lipinski definition) is 1. The van der Waals surface area contributed by atoms with Gasteiger partial charge in [0.15, 0.2) is 11.9 Å². The maximum absolute atomic E-state index is 12.3. The molecule has 134 valence electrons. The number of H-pyrrole nitrogens is 1. The van der Waals surface area contributed by atoms with Crippen molar-refractivity contribution in [3.05, 3.63) is 68.4 Å². The van der Waals surface area contributed by atoms with E-state index >= 15 is 0 Å². The highest BCUT2D eigenvalue weighted by molar-refractivity contribution is 8.02. The van der Waals surface area contributed by atoms with Crippen LogP contribution in [0.1, 0.15) is 29.3 Å². The van der Waals surface area contributed by atoms with Gasteiger partial charge in [-0.2, -0.15) is 0 Å². The first-order valence-corrected chi connectivity index (χ1v) is 9.74. The number of aromatic amines is 1. The standard InChI is InChI=1S/C19H18N2O3S2/c1-11-13(3)26-19-16(11)18(23)20-17(21-19)12(2)24-15(22)9-10-25-14-7-5-4-6-8-14/h4-10,12H,1-3H3,(H,20,21,23)/b10-9+/t12-/m1/s1. The lowest BCUT2D eigenvalue weighted by Gasteiger charge is -2.10. The Hall–Kier alpha value is -2.38. The van der Waals surface area contributed by atoms with Crippen LogP contribution < -0.4 is 5.56 Å². The van der Waals surface area contributed by atoms with Gasteiger partial charge in [0.05, 0.1) is 5.39 Å². The molecule has 0 saturated carbocycles. The lowest BCUT2D eigenvalue weighted by Crippen LogP contribution is -2.16. The molecule has 0 aliphatic rings. The summed E-state index contributed by atoms with van der Waals surface area (Å²) in [6, 6.07) is 9.71. The molecular formula is C19H18N2O3S2. The second-order valence-electron chi connectivity index (χ2n) is 5.73. The molecule has 2 aromatic heterocycles. The maximum atomic E-state index is 12.3. The van der Waals surface area contributed by atoms with Gasteiger partial charge in [0.1, 0.15) is 4.83 Å². The third-order valence-electron chi connectivity index (χ3n) is 3.89. The molecule has 0 aliphatic carbocycles. The summed E-state index contributed by atoms with van der Waals surface area (Å²) in [6.45, 7) is 5.55. The van der Waals surface area contributed by atoms with Gasteiger partial charge in [-0.25, -0.2) is 9.78 Å². The van der Waals surface area contributed by atoms with E-state index in [1.54, 1.807) is 12.3 Å². The lowest BCUT2D eigenvalue weighted by molar-refractivity contribution is -0.142. The molecule has 0 bridgehead atoms. The van der Waals surface area contributed by atoms with Crippen LogP contribution in [-0.4, -0.2) is 15.9 Å². The number of thioether (sulfide) groups is 1. The van der Waals surface area contributed by atoms with Gasteiger partial charge in [-0.1, -0.05) is 30.0 Å². The summed E-state index contributed by atoms with van der Waals surface area (Å²) in [5, 5.41) is 2.28. The fraction of sp³-hybridized carbons (Fsp3) is 0.211. The van der Waals surface area contributed by atoms with E-state index in [-0.39, 0.29) is 5.56 Å². The molecular weight excluding hydrogens is 368 g/mol. The number of esters is 1. The van der Waals surface area contributed by atoms with Gasteiger partial charge in [-0.3, -0.25) is 4.79 Å².